The Kier molecular flexibility index (Phi) is 5.79. The van der Waals surface area contributed by atoms with Gasteiger partial charge in [0.25, 0.3) is 0 Å². The van der Waals surface area contributed by atoms with E-state index in [-0.39, 0.29) is 0 Å². The number of hydrogen-bond acceptors (Lipinski definition) is 5. The van der Waals surface area contributed by atoms with E-state index in [1.54, 1.807) is 0 Å². The third-order valence-corrected chi connectivity index (χ3v) is 3.96. The van der Waals surface area contributed by atoms with Gasteiger partial charge in [-0.3, -0.25) is 4.90 Å². The molecule has 1 aliphatic heterocycles. The van der Waals surface area contributed by atoms with Crippen molar-refractivity contribution in [3.63, 3.8) is 0 Å². The molecule has 1 aliphatic rings. The summed E-state index contributed by atoms with van der Waals surface area (Å²) >= 11 is 0. The van der Waals surface area contributed by atoms with E-state index in [2.05, 4.69) is 53.9 Å². The number of nitrogens with one attached hydrogen (secondary N) is 1. The summed E-state index contributed by atoms with van der Waals surface area (Å²) in [4.78, 5) is 14.3. The summed E-state index contributed by atoms with van der Waals surface area (Å²) in [7, 11) is 0. The Hall–Kier alpha value is -1.36. The first-order chi connectivity index (χ1) is 10.1. The smallest absolute Gasteiger partial charge is 0.134 e. The fourth-order valence-corrected chi connectivity index (χ4v) is 2.72. The number of hydrogen-bond donors (Lipinski definition) is 1. The van der Waals surface area contributed by atoms with Gasteiger partial charge in [0.1, 0.15) is 17.5 Å². The Balaban J connectivity index is 2.11. The third kappa shape index (κ3) is 4.30. The number of anilines is 2. The van der Waals surface area contributed by atoms with Gasteiger partial charge in [-0.15, -0.1) is 0 Å². The molecule has 1 fully saturated rings. The number of aryl methyl sites for hydroxylation is 1. The van der Waals surface area contributed by atoms with Gasteiger partial charge in [-0.05, 0) is 27.2 Å². The normalized spacial score (nSPS) is 16.5. The summed E-state index contributed by atoms with van der Waals surface area (Å²) in [5, 5.41) is 3.32. The molecule has 5 heteroatoms. The Morgan fingerprint density at radius 1 is 1.14 bits per heavy atom. The van der Waals surface area contributed by atoms with E-state index in [1.807, 2.05) is 0 Å². The number of nitrogens with zero attached hydrogens (tertiary/aromatic N) is 4. The maximum Gasteiger partial charge on any atom is 0.134 e. The number of piperazine rings is 1. The van der Waals surface area contributed by atoms with E-state index < -0.39 is 0 Å². The van der Waals surface area contributed by atoms with Crippen LogP contribution in [0.3, 0.4) is 0 Å². The molecule has 0 saturated carbocycles. The second kappa shape index (κ2) is 7.59. The minimum Gasteiger partial charge on any atom is -0.370 e. The zero-order chi connectivity index (χ0) is 15.2. The van der Waals surface area contributed by atoms with Crippen molar-refractivity contribution < 1.29 is 0 Å². The predicted octanol–water partition coefficient (Wildman–Crippen LogP) is 2.39. The molecule has 0 unspecified atom stereocenters. The molecular formula is C16H29N5. The second-order valence-electron chi connectivity index (χ2n) is 5.92. The van der Waals surface area contributed by atoms with Crippen LogP contribution in [-0.2, 0) is 6.42 Å². The summed E-state index contributed by atoms with van der Waals surface area (Å²) in [5.74, 6) is 2.99. The molecule has 1 N–H and O–H groups in total. The zero-order valence-electron chi connectivity index (χ0n) is 13.9. The predicted molar refractivity (Wildman–Crippen MR) is 89.1 cm³/mol. The zero-order valence-corrected chi connectivity index (χ0v) is 13.9. The van der Waals surface area contributed by atoms with Crippen molar-refractivity contribution in [1.82, 2.24) is 14.9 Å². The summed E-state index contributed by atoms with van der Waals surface area (Å²) < 4.78 is 0. The molecule has 118 valence electrons. The molecule has 1 saturated heterocycles. The van der Waals surface area contributed by atoms with Crippen molar-refractivity contribution in [1.29, 1.82) is 0 Å². The van der Waals surface area contributed by atoms with Crippen LogP contribution in [0.15, 0.2) is 6.07 Å². The van der Waals surface area contributed by atoms with E-state index in [1.165, 1.54) is 0 Å². The van der Waals surface area contributed by atoms with Gasteiger partial charge in [-0.2, -0.15) is 0 Å². The molecule has 0 bridgehead atoms. The van der Waals surface area contributed by atoms with E-state index in [0.29, 0.717) is 6.04 Å². The van der Waals surface area contributed by atoms with E-state index in [9.17, 15) is 0 Å². The van der Waals surface area contributed by atoms with Gasteiger partial charge in [0, 0.05) is 51.3 Å². The van der Waals surface area contributed by atoms with Crippen LogP contribution in [0.5, 0.6) is 0 Å². The standard InChI is InChI=1S/C16H29N5/c1-5-7-14-18-15(17-6-2)12-16(19-14)21-10-8-20(9-11-21)13(3)4/h12-13H,5-11H2,1-4H3,(H,17,18,19). The first kappa shape index (κ1) is 16.0. The minimum absolute atomic E-state index is 0.630. The molecule has 0 radical (unpaired) electrons. The van der Waals surface area contributed by atoms with Crippen LogP contribution in [-0.4, -0.2) is 53.6 Å². The topological polar surface area (TPSA) is 44.3 Å². The largest absolute Gasteiger partial charge is 0.370 e. The molecule has 1 aromatic heterocycles. The summed E-state index contributed by atoms with van der Waals surface area (Å²) in [6.07, 6.45) is 2.02. The van der Waals surface area contributed by atoms with Crippen molar-refractivity contribution in [2.75, 3.05) is 42.9 Å². The highest BCUT2D eigenvalue weighted by Gasteiger charge is 2.20. The van der Waals surface area contributed by atoms with Crippen LogP contribution in [0.25, 0.3) is 0 Å². The highest BCUT2D eigenvalue weighted by molar-refractivity contribution is 5.49. The lowest BCUT2D eigenvalue weighted by atomic mass is 10.2. The van der Waals surface area contributed by atoms with Crippen molar-refractivity contribution in [2.24, 2.45) is 0 Å². The highest BCUT2D eigenvalue weighted by atomic mass is 15.3. The van der Waals surface area contributed by atoms with Gasteiger partial charge in [-0.1, -0.05) is 6.92 Å². The first-order valence-electron chi connectivity index (χ1n) is 8.24. The van der Waals surface area contributed by atoms with Crippen LogP contribution in [0, 0.1) is 0 Å². The van der Waals surface area contributed by atoms with Crippen molar-refractivity contribution in [3.05, 3.63) is 11.9 Å². The molecule has 0 amide bonds. The minimum atomic E-state index is 0.630. The fourth-order valence-electron chi connectivity index (χ4n) is 2.72. The molecule has 0 atom stereocenters. The van der Waals surface area contributed by atoms with Crippen LogP contribution in [0.1, 0.15) is 39.9 Å². The molecule has 1 aromatic rings. The van der Waals surface area contributed by atoms with Gasteiger partial charge < -0.3 is 10.2 Å². The van der Waals surface area contributed by atoms with Gasteiger partial charge in [0.05, 0.1) is 0 Å². The quantitative estimate of drug-likeness (QED) is 0.872. The van der Waals surface area contributed by atoms with Crippen LogP contribution in [0.4, 0.5) is 11.6 Å². The molecular weight excluding hydrogens is 262 g/mol. The number of aromatic nitrogens is 2. The first-order valence-corrected chi connectivity index (χ1v) is 8.24. The van der Waals surface area contributed by atoms with Crippen LogP contribution < -0.4 is 10.2 Å². The lowest BCUT2D eigenvalue weighted by molar-refractivity contribution is 0.209. The van der Waals surface area contributed by atoms with Crippen LogP contribution in [0.2, 0.25) is 0 Å². The molecule has 0 spiro atoms. The molecule has 0 aliphatic carbocycles. The van der Waals surface area contributed by atoms with Crippen molar-refractivity contribution >= 4 is 11.6 Å². The van der Waals surface area contributed by atoms with Crippen LogP contribution >= 0.6 is 0 Å². The van der Waals surface area contributed by atoms with Gasteiger partial charge in [0.15, 0.2) is 0 Å². The molecule has 2 rings (SSSR count). The van der Waals surface area contributed by atoms with E-state index in [4.69, 9.17) is 4.98 Å². The SMILES string of the molecule is CCCc1nc(NCC)cc(N2CCN(C(C)C)CC2)n1. The Morgan fingerprint density at radius 2 is 1.86 bits per heavy atom. The third-order valence-electron chi connectivity index (χ3n) is 3.96. The summed E-state index contributed by atoms with van der Waals surface area (Å²) in [6.45, 7) is 14.0. The van der Waals surface area contributed by atoms with E-state index >= 15 is 0 Å². The maximum absolute atomic E-state index is 4.76. The molecule has 21 heavy (non-hydrogen) atoms. The molecule has 2 heterocycles. The van der Waals surface area contributed by atoms with Crippen molar-refractivity contribution in [2.45, 2.75) is 46.6 Å². The molecule has 0 aromatic carbocycles. The average molecular weight is 291 g/mol. The Morgan fingerprint density at radius 3 is 2.43 bits per heavy atom. The number of rotatable bonds is 6. The van der Waals surface area contributed by atoms with Gasteiger partial charge >= 0.3 is 0 Å². The summed E-state index contributed by atoms with van der Waals surface area (Å²) in [5.41, 5.74) is 0. The van der Waals surface area contributed by atoms with E-state index in [0.717, 1.165) is 63.0 Å². The van der Waals surface area contributed by atoms with Crippen molar-refractivity contribution in [3.8, 4) is 0 Å². The second-order valence-corrected chi connectivity index (χ2v) is 5.92. The van der Waals surface area contributed by atoms with Gasteiger partial charge in [0.2, 0.25) is 0 Å². The fraction of sp³-hybridized carbons (Fsp3) is 0.750. The Labute approximate surface area is 128 Å². The highest BCUT2D eigenvalue weighted by Crippen LogP contribution is 2.19. The monoisotopic (exact) mass is 291 g/mol. The summed E-state index contributed by atoms with van der Waals surface area (Å²) in [6, 6.07) is 2.72. The molecule has 5 nitrogen and oxygen atoms in total. The lowest BCUT2D eigenvalue weighted by Gasteiger charge is -2.37. The lowest BCUT2D eigenvalue weighted by Crippen LogP contribution is -2.49. The Bertz CT molecular complexity index is 414. The van der Waals surface area contributed by atoms with Gasteiger partial charge in [-0.25, -0.2) is 9.97 Å². The maximum atomic E-state index is 4.76. The average Bonchev–Trinajstić information content (AvgIpc) is 2.48.